The highest BCUT2D eigenvalue weighted by Gasteiger charge is 2.19. The van der Waals surface area contributed by atoms with Gasteiger partial charge in [0.2, 0.25) is 5.82 Å². The molecule has 1 atom stereocenters. The fraction of sp³-hybridized carbons (Fsp3) is 0.545. The molecule has 0 amide bonds. The van der Waals surface area contributed by atoms with Crippen LogP contribution in [-0.4, -0.2) is 29.7 Å². The van der Waals surface area contributed by atoms with Crippen LogP contribution in [0.3, 0.4) is 0 Å². The van der Waals surface area contributed by atoms with Crippen LogP contribution < -0.4 is 5.32 Å². The van der Waals surface area contributed by atoms with Gasteiger partial charge in [-0.25, -0.2) is 4.98 Å². The van der Waals surface area contributed by atoms with Gasteiger partial charge in [-0.1, -0.05) is 0 Å². The Morgan fingerprint density at radius 3 is 3.12 bits per heavy atom. The maximum absolute atomic E-state index is 10.8. The lowest BCUT2D eigenvalue weighted by atomic mass is 10.1. The molecule has 92 valence electrons. The maximum atomic E-state index is 10.8. The Labute approximate surface area is 99.2 Å². The minimum atomic E-state index is -0.417. The van der Waals surface area contributed by atoms with Crippen molar-refractivity contribution in [3.8, 4) is 0 Å². The molecule has 0 radical (unpaired) electrons. The zero-order valence-electron chi connectivity index (χ0n) is 9.68. The van der Waals surface area contributed by atoms with Gasteiger partial charge >= 0.3 is 5.69 Å². The molecule has 1 aromatic heterocycles. The predicted octanol–water partition coefficient (Wildman–Crippen LogP) is 1.75. The van der Waals surface area contributed by atoms with E-state index in [0.717, 1.165) is 18.7 Å². The lowest BCUT2D eigenvalue weighted by Gasteiger charge is -2.10. The first kappa shape index (κ1) is 11.8. The van der Waals surface area contributed by atoms with Gasteiger partial charge in [-0.2, -0.15) is 0 Å². The summed E-state index contributed by atoms with van der Waals surface area (Å²) in [5.41, 5.74) is 0.787. The summed E-state index contributed by atoms with van der Waals surface area (Å²) in [6.07, 6.45) is 0.993. The Balaban J connectivity index is 2.07. The van der Waals surface area contributed by atoms with E-state index in [1.807, 2.05) is 6.92 Å². The first-order valence-corrected chi connectivity index (χ1v) is 5.60. The van der Waals surface area contributed by atoms with Crippen molar-refractivity contribution in [3.63, 3.8) is 0 Å². The van der Waals surface area contributed by atoms with Gasteiger partial charge in [-0.15, -0.1) is 0 Å². The topological polar surface area (TPSA) is 77.3 Å². The minimum absolute atomic E-state index is 0.0227. The summed E-state index contributed by atoms with van der Waals surface area (Å²) in [5, 5.41) is 13.9. The summed E-state index contributed by atoms with van der Waals surface area (Å²) < 4.78 is 5.25. The average molecular weight is 237 g/mol. The first-order chi connectivity index (χ1) is 8.16. The van der Waals surface area contributed by atoms with Gasteiger partial charge in [-0.3, -0.25) is 10.1 Å². The second kappa shape index (κ2) is 5.09. The van der Waals surface area contributed by atoms with Crippen LogP contribution in [0.25, 0.3) is 0 Å². The Morgan fingerprint density at radius 1 is 1.65 bits per heavy atom. The molecule has 0 aromatic carbocycles. The summed E-state index contributed by atoms with van der Waals surface area (Å²) >= 11 is 0. The number of aromatic nitrogens is 1. The van der Waals surface area contributed by atoms with Gasteiger partial charge < -0.3 is 10.1 Å². The van der Waals surface area contributed by atoms with Crippen molar-refractivity contribution in [2.45, 2.75) is 13.3 Å². The molecule has 1 aliphatic heterocycles. The Bertz CT molecular complexity index is 416. The molecule has 1 fully saturated rings. The molecule has 0 spiro atoms. The van der Waals surface area contributed by atoms with Gasteiger partial charge in [0.25, 0.3) is 0 Å². The lowest BCUT2D eigenvalue weighted by Crippen LogP contribution is -2.16. The van der Waals surface area contributed by atoms with Crippen LogP contribution in [0.4, 0.5) is 11.5 Å². The molecule has 0 saturated carbocycles. The highest BCUT2D eigenvalue weighted by atomic mass is 16.6. The van der Waals surface area contributed by atoms with E-state index in [-0.39, 0.29) is 5.69 Å². The summed E-state index contributed by atoms with van der Waals surface area (Å²) in [6.45, 7) is 3.97. The zero-order chi connectivity index (χ0) is 12.3. The number of hydrogen-bond donors (Lipinski definition) is 1. The smallest absolute Gasteiger partial charge is 0.311 e. The van der Waals surface area contributed by atoms with E-state index in [0.29, 0.717) is 24.9 Å². The van der Waals surface area contributed by atoms with Crippen molar-refractivity contribution in [1.29, 1.82) is 0 Å². The quantitative estimate of drug-likeness (QED) is 0.637. The molecule has 6 heteroatoms. The van der Waals surface area contributed by atoms with E-state index in [9.17, 15) is 10.1 Å². The van der Waals surface area contributed by atoms with E-state index < -0.39 is 4.92 Å². The number of rotatable bonds is 4. The van der Waals surface area contributed by atoms with Crippen LogP contribution in [0.15, 0.2) is 12.1 Å². The molecule has 1 unspecified atom stereocenters. The first-order valence-electron chi connectivity index (χ1n) is 5.60. The fourth-order valence-electron chi connectivity index (χ4n) is 1.81. The fourth-order valence-corrected chi connectivity index (χ4v) is 1.81. The zero-order valence-corrected chi connectivity index (χ0v) is 9.68. The van der Waals surface area contributed by atoms with E-state index in [2.05, 4.69) is 10.3 Å². The number of anilines is 1. The number of aryl methyl sites for hydroxylation is 1. The number of ether oxygens (including phenoxy) is 1. The third-order valence-corrected chi connectivity index (χ3v) is 2.79. The molecule has 2 heterocycles. The molecule has 0 bridgehead atoms. The van der Waals surface area contributed by atoms with E-state index in [1.165, 1.54) is 6.07 Å². The number of nitro groups is 1. The van der Waals surface area contributed by atoms with Crippen LogP contribution in [-0.2, 0) is 4.74 Å². The number of hydrogen-bond acceptors (Lipinski definition) is 5. The minimum Gasteiger partial charge on any atom is -0.381 e. The van der Waals surface area contributed by atoms with Crippen molar-refractivity contribution in [3.05, 3.63) is 27.9 Å². The second-order valence-corrected chi connectivity index (χ2v) is 4.19. The third-order valence-electron chi connectivity index (χ3n) is 2.79. The van der Waals surface area contributed by atoms with Crippen LogP contribution in [0.5, 0.6) is 0 Å². The molecule has 1 saturated heterocycles. The van der Waals surface area contributed by atoms with E-state index in [4.69, 9.17) is 4.74 Å². The second-order valence-electron chi connectivity index (χ2n) is 4.19. The monoisotopic (exact) mass is 237 g/mol. The molecule has 1 aliphatic rings. The summed E-state index contributed by atoms with van der Waals surface area (Å²) in [6, 6.07) is 3.12. The lowest BCUT2D eigenvalue weighted by molar-refractivity contribution is -0.384. The maximum Gasteiger partial charge on any atom is 0.311 e. The standard InChI is InChI=1S/C11H15N3O3/c1-8-2-3-10(14(15)16)11(13-8)12-6-9-4-5-17-7-9/h2-3,9H,4-7H2,1H3,(H,12,13). The van der Waals surface area contributed by atoms with Gasteiger partial charge in [0.05, 0.1) is 11.5 Å². The van der Waals surface area contributed by atoms with E-state index >= 15 is 0 Å². The van der Waals surface area contributed by atoms with Gasteiger partial charge in [0.1, 0.15) is 0 Å². The van der Waals surface area contributed by atoms with Crippen molar-refractivity contribution >= 4 is 11.5 Å². The highest BCUT2D eigenvalue weighted by molar-refractivity contribution is 5.56. The molecule has 17 heavy (non-hydrogen) atoms. The Morgan fingerprint density at radius 2 is 2.47 bits per heavy atom. The van der Waals surface area contributed by atoms with E-state index in [1.54, 1.807) is 6.07 Å². The van der Waals surface area contributed by atoms with Crippen molar-refractivity contribution in [1.82, 2.24) is 4.98 Å². The van der Waals surface area contributed by atoms with Crippen LogP contribution >= 0.6 is 0 Å². The molecular weight excluding hydrogens is 222 g/mol. The van der Waals surface area contributed by atoms with Gasteiger partial charge in [0, 0.05) is 30.8 Å². The SMILES string of the molecule is Cc1ccc([N+](=O)[O-])c(NCC2CCOC2)n1. The van der Waals surface area contributed by atoms with Crippen molar-refractivity contribution in [2.24, 2.45) is 5.92 Å². The largest absolute Gasteiger partial charge is 0.381 e. The summed E-state index contributed by atoms with van der Waals surface area (Å²) in [7, 11) is 0. The van der Waals surface area contributed by atoms with Crippen LogP contribution in [0.1, 0.15) is 12.1 Å². The van der Waals surface area contributed by atoms with Gasteiger partial charge in [0.15, 0.2) is 0 Å². The van der Waals surface area contributed by atoms with Crippen molar-refractivity contribution < 1.29 is 9.66 Å². The third kappa shape index (κ3) is 2.91. The highest BCUT2D eigenvalue weighted by Crippen LogP contribution is 2.23. The van der Waals surface area contributed by atoms with Crippen LogP contribution in [0.2, 0.25) is 0 Å². The molecular formula is C11H15N3O3. The average Bonchev–Trinajstić information content (AvgIpc) is 2.78. The summed E-state index contributed by atoms with van der Waals surface area (Å²) in [5.74, 6) is 0.763. The number of nitrogens with one attached hydrogen (secondary N) is 1. The normalized spacial score (nSPS) is 19.2. The summed E-state index contributed by atoms with van der Waals surface area (Å²) in [4.78, 5) is 14.6. The molecule has 6 nitrogen and oxygen atoms in total. The van der Waals surface area contributed by atoms with Crippen molar-refractivity contribution in [2.75, 3.05) is 25.1 Å². The molecule has 1 N–H and O–H groups in total. The Hall–Kier alpha value is -1.69. The molecule has 1 aromatic rings. The molecule has 2 rings (SSSR count). The van der Waals surface area contributed by atoms with Gasteiger partial charge in [-0.05, 0) is 19.4 Å². The molecule has 0 aliphatic carbocycles. The number of nitrogens with zero attached hydrogens (tertiary/aromatic N) is 2. The van der Waals surface area contributed by atoms with Crippen LogP contribution in [0, 0.1) is 23.0 Å². The Kier molecular flexibility index (Phi) is 3.53. The number of pyridine rings is 1. The predicted molar refractivity (Wildman–Crippen MR) is 63.0 cm³/mol.